The molecule has 0 N–H and O–H groups in total. The maximum absolute atomic E-state index is 6.61. The van der Waals surface area contributed by atoms with Crippen molar-refractivity contribution in [3.05, 3.63) is 188 Å². The summed E-state index contributed by atoms with van der Waals surface area (Å²) in [6.07, 6.45) is 0. The van der Waals surface area contributed by atoms with Crippen molar-refractivity contribution in [3.63, 3.8) is 0 Å². The highest BCUT2D eigenvalue weighted by Crippen LogP contribution is 2.41. The minimum Gasteiger partial charge on any atom is -0.455 e. The summed E-state index contributed by atoms with van der Waals surface area (Å²) in [5, 5.41) is 4.57. The average Bonchev–Trinajstić information content (AvgIpc) is 3.62. The Morgan fingerprint density at radius 1 is 0.283 bits per heavy atom. The first kappa shape index (κ1) is 30.6. The number of furan rings is 1. The molecule has 0 fully saturated rings. The Labute approximate surface area is 306 Å². The molecule has 10 rings (SSSR count). The molecule has 2 aromatic heterocycles. The number of rotatable bonds is 6. The second kappa shape index (κ2) is 12.9. The van der Waals surface area contributed by atoms with Crippen molar-refractivity contribution in [1.29, 1.82) is 0 Å². The van der Waals surface area contributed by atoms with Crippen LogP contribution in [0, 0.1) is 0 Å². The van der Waals surface area contributed by atoms with E-state index in [4.69, 9.17) is 19.4 Å². The van der Waals surface area contributed by atoms with E-state index in [0.717, 1.165) is 66.3 Å². The van der Waals surface area contributed by atoms with E-state index in [2.05, 4.69) is 127 Å². The van der Waals surface area contributed by atoms with E-state index in [9.17, 15) is 0 Å². The fourth-order valence-electron chi connectivity index (χ4n) is 7.24. The van der Waals surface area contributed by atoms with Gasteiger partial charge in [-0.2, -0.15) is 0 Å². The van der Waals surface area contributed by atoms with E-state index < -0.39 is 0 Å². The minimum atomic E-state index is 0.643. The monoisotopic (exact) mass is 677 g/mol. The molecule has 0 aliphatic carbocycles. The second-order valence-electron chi connectivity index (χ2n) is 13.2. The van der Waals surface area contributed by atoms with Crippen LogP contribution in [0.2, 0.25) is 0 Å². The molecule has 0 radical (unpaired) electrons. The van der Waals surface area contributed by atoms with Gasteiger partial charge in [0.15, 0.2) is 17.5 Å². The summed E-state index contributed by atoms with van der Waals surface area (Å²) in [6, 6.07) is 65.2. The number of hydrogen-bond donors (Lipinski definition) is 0. The van der Waals surface area contributed by atoms with E-state index >= 15 is 0 Å². The molecule has 0 saturated heterocycles. The molecule has 4 heteroatoms. The standard InChI is InChI=1S/C49H31N3O/c1-4-12-35(13-5-1)43-31-44-41-29-28-39(30-45(41)53-46(44)42-19-11-10-18-40(42)43)34-22-20-32(21-23-34)33-24-26-38(27-25-33)49-51-47(36-14-6-2-7-15-36)50-48(52-49)37-16-8-3-9-17-37/h1-31H. The highest BCUT2D eigenvalue weighted by molar-refractivity contribution is 6.19. The van der Waals surface area contributed by atoms with E-state index in [1.165, 1.54) is 16.5 Å². The van der Waals surface area contributed by atoms with Crippen LogP contribution in [0.4, 0.5) is 0 Å². The normalized spacial score (nSPS) is 11.4. The van der Waals surface area contributed by atoms with Gasteiger partial charge in [0.25, 0.3) is 0 Å². The number of nitrogens with zero attached hydrogens (tertiary/aromatic N) is 3. The van der Waals surface area contributed by atoms with E-state index in [1.54, 1.807) is 0 Å². The third-order valence-corrected chi connectivity index (χ3v) is 9.96. The van der Waals surface area contributed by atoms with Crippen LogP contribution in [0.5, 0.6) is 0 Å². The molecule has 4 nitrogen and oxygen atoms in total. The first-order chi connectivity index (χ1) is 26.2. The summed E-state index contributed by atoms with van der Waals surface area (Å²) in [4.78, 5) is 14.6. The first-order valence-electron chi connectivity index (χ1n) is 17.8. The molecule has 8 aromatic carbocycles. The molecule has 0 aliphatic heterocycles. The van der Waals surface area contributed by atoms with Gasteiger partial charge in [-0.15, -0.1) is 0 Å². The Balaban J connectivity index is 0.963. The molecule has 0 unspecified atom stereocenters. The van der Waals surface area contributed by atoms with Crippen molar-refractivity contribution in [2.24, 2.45) is 0 Å². The van der Waals surface area contributed by atoms with Crippen LogP contribution in [0.3, 0.4) is 0 Å². The van der Waals surface area contributed by atoms with Crippen molar-refractivity contribution in [1.82, 2.24) is 15.0 Å². The lowest BCUT2D eigenvalue weighted by Crippen LogP contribution is -2.00. The van der Waals surface area contributed by atoms with Gasteiger partial charge in [-0.25, -0.2) is 15.0 Å². The largest absolute Gasteiger partial charge is 0.455 e. The van der Waals surface area contributed by atoms with Crippen LogP contribution >= 0.6 is 0 Å². The lowest BCUT2D eigenvalue weighted by Gasteiger charge is -2.09. The predicted molar refractivity (Wildman–Crippen MR) is 217 cm³/mol. The van der Waals surface area contributed by atoms with E-state index in [-0.39, 0.29) is 0 Å². The fourth-order valence-corrected chi connectivity index (χ4v) is 7.24. The zero-order valence-corrected chi connectivity index (χ0v) is 28.6. The summed E-state index contributed by atoms with van der Waals surface area (Å²) in [6.45, 7) is 0. The molecule has 0 atom stereocenters. The summed E-state index contributed by atoms with van der Waals surface area (Å²) in [7, 11) is 0. The third kappa shape index (κ3) is 5.63. The molecule has 0 aliphatic rings. The maximum Gasteiger partial charge on any atom is 0.164 e. The highest BCUT2D eigenvalue weighted by atomic mass is 16.3. The number of benzene rings is 8. The van der Waals surface area contributed by atoms with Crippen LogP contribution in [0.1, 0.15) is 0 Å². The van der Waals surface area contributed by atoms with Crippen LogP contribution in [-0.2, 0) is 0 Å². The quantitative estimate of drug-likeness (QED) is 0.176. The van der Waals surface area contributed by atoms with Crippen molar-refractivity contribution in [3.8, 4) is 67.5 Å². The Morgan fingerprint density at radius 2 is 0.698 bits per heavy atom. The second-order valence-corrected chi connectivity index (χ2v) is 13.2. The van der Waals surface area contributed by atoms with Crippen LogP contribution in [0.25, 0.3) is 100 Å². The number of aromatic nitrogens is 3. The fraction of sp³-hybridized carbons (Fsp3) is 0. The average molecular weight is 678 g/mol. The van der Waals surface area contributed by atoms with Gasteiger partial charge in [-0.05, 0) is 57.0 Å². The van der Waals surface area contributed by atoms with Crippen molar-refractivity contribution in [2.75, 3.05) is 0 Å². The molecule has 0 bridgehead atoms. The molecule has 10 aromatic rings. The van der Waals surface area contributed by atoms with Crippen molar-refractivity contribution >= 4 is 32.7 Å². The zero-order chi connectivity index (χ0) is 35.1. The van der Waals surface area contributed by atoms with Gasteiger partial charge in [0.1, 0.15) is 11.2 Å². The molecule has 0 amide bonds. The van der Waals surface area contributed by atoms with Gasteiger partial charge in [0.2, 0.25) is 0 Å². The third-order valence-electron chi connectivity index (χ3n) is 9.96. The van der Waals surface area contributed by atoms with Crippen LogP contribution in [-0.4, -0.2) is 15.0 Å². The first-order valence-corrected chi connectivity index (χ1v) is 17.8. The predicted octanol–water partition coefficient (Wildman–Crippen LogP) is 12.9. The lowest BCUT2D eigenvalue weighted by molar-refractivity contribution is 0.673. The summed E-state index contributed by atoms with van der Waals surface area (Å²) >= 11 is 0. The van der Waals surface area contributed by atoms with Gasteiger partial charge in [0.05, 0.1) is 0 Å². The van der Waals surface area contributed by atoms with Crippen LogP contribution in [0.15, 0.2) is 192 Å². The molecular weight excluding hydrogens is 647 g/mol. The summed E-state index contributed by atoms with van der Waals surface area (Å²) in [5.41, 5.74) is 11.6. The molecule has 248 valence electrons. The smallest absolute Gasteiger partial charge is 0.164 e. The van der Waals surface area contributed by atoms with Crippen LogP contribution < -0.4 is 0 Å². The Bertz CT molecular complexity index is 2840. The van der Waals surface area contributed by atoms with Crippen molar-refractivity contribution in [2.45, 2.75) is 0 Å². The van der Waals surface area contributed by atoms with Gasteiger partial charge >= 0.3 is 0 Å². The van der Waals surface area contributed by atoms with Gasteiger partial charge in [-0.1, -0.05) is 170 Å². The molecule has 2 heterocycles. The van der Waals surface area contributed by atoms with E-state index in [1.807, 2.05) is 60.7 Å². The summed E-state index contributed by atoms with van der Waals surface area (Å²) < 4.78 is 6.61. The molecular formula is C49H31N3O. The number of hydrogen-bond acceptors (Lipinski definition) is 4. The number of fused-ring (bicyclic) bond motifs is 5. The van der Waals surface area contributed by atoms with Gasteiger partial charge in [-0.3, -0.25) is 0 Å². The summed E-state index contributed by atoms with van der Waals surface area (Å²) in [5.74, 6) is 1.95. The highest BCUT2D eigenvalue weighted by Gasteiger charge is 2.16. The van der Waals surface area contributed by atoms with E-state index in [0.29, 0.717) is 17.5 Å². The van der Waals surface area contributed by atoms with Gasteiger partial charge in [0, 0.05) is 32.8 Å². The molecule has 0 spiro atoms. The van der Waals surface area contributed by atoms with Crippen molar-refractivity contribution < 1.29 is 4.42 Å². The topological polar surface area (TPSA) is 51.8 Å². The molecule has 0 saturated carbocycles. The SMILES string of the molecule is c1ccc(-c2nc(-c3ccccc3)nc(-c3ccc(-c4ccc(-c5ccc6c(c5)oc5c7ccccc7c(-c7ccccc7)cc65)cc4)cc3)n2)cc1. The lowest BCUT2D eigenvalue weighted by atomic mass is 9.95. The van der Waals surface area contributed by atoms with Gasteiger partial charge < -0.3 is 4.42 Å². The zero-order valence-electron chi connectivity index (χ0n) is 28.6. The Hall–Kier alpha value is -7.17. The Morgan fingerprint density at radius 3 is 1.25 bits per heavy atom. The maximum atomic E-state index is 6.61. The molecule has 53 heavy (non-hydrogen) atoms. The minimum absolute atomic E-state index is 0.643. The Kier molecular flexibility index (Phi) is 7.43.